The average Bonchev–Trinajstić information content (AvgIpc) is 3.00. The van der Waals surface area contributed by atoms with E-state index in [2.05, 4.69) is 23.5 Å². The van der Waals surface area contributed by atoms with Crippen molar-refractivity contribution in [3.05, 3.63) is 65.7 Å². The summed E-state index contributed by atoms with van der Waals surface area (Å²) in [5.74, 6) is 1.16. The number of hydrogen-bond donors (Lipinski definition) is 1. The maximum atomic E-state index is 12.2. The third-order valence-electron chi connectivity index (χ3n) is 4.77. The molecule has 2 aromatic carbocycles. The Morgan fingerprint density at radius 3 is 2.72 bits per heavy atom. The van der Waals surface area contributed by atoms with Crippen LogP contribution in [0.25, 0.3) is 0 Å². The van der Waals surface area contributed by atoms with Gasteiger partial charge in [-0.25, -0.2) is 0 Å². The van der Waals surface area contributed by atoms with Crippen LogP contribution in [-0.4, -0.2) is 30.5 Å². The molecule has 132 valence electrons. The highest BCUT2D eigenvalue weighted by atomic mass is 16.5. The summed E-state index contributed by atoms with van der Waals surface area (Å²) < 4.78 is 5.25. The summed E-state index contributed by atoms with van der Waals surface area (Å²) >= 11 is 0. The van der Waals surface area contributed by atoms with Crippen molar-refractivity contribution in [2.24, 2.45) is 0 Å². The summed E-state index contributed by atoms with van der Waals surface area (Å²) in [5, 5.41) is 3.49. The molecule has 0 spiro atoms. The lowest BCUT2D eigenvalue weighted by Crippen LogP contribution is -2.34. The van der Waals surface area contributed by atoms with Crippen LogP contribution in [0.1, 0.15) is 30.4 Å². The lowest BCUT2D eigenvalue weighted by molar-refractivity contribution is -0.129. The maximum absolute atomic E-state index is 12.2. The van der Waals surface area contributed by atoms with Gasteiger partial charge in [0, 0.05) is 25.6 Å². The van der Waals surface area contributed by atoms with Crippen LogP contribution < -0.4 is 10.1 Å². The normalized spacial score (nSPS) is 17.1. The number of rotatable bonds is 8. The Bertz CT molecular complexity index is 687. The third-order valence-corrected chi connectivity index (χ3v) is 4.77. The number of likely N-dealkylation sites (tertiary alicyclic amines) is 1. The molecule has 0 bridgehead atoms. The predicted octanol–water partition coefficient (Wildman–Crippen LogP) is 3.37. The zero-order valence-electron chi connectivity index (χ0n) is 14.8. The van der Waals surface area contributed by atoms with Gasteiger partial charge in [0.1, 0.15) is 5.75 Å². The van der Waals surface area contributed by atoms with Crippen LogP contribution in [0.4, 0.5) is 0 Å². The van der Waals surface area contributed by atoms with Gasteiger partial charge in [-0.1, -0.05) is 42.5 Å². The molecule has 1 unspecified atom stereocenters. The first-order valence-electron chi connectivity index (χ1n) is 8.93. The molecule has 1 heterocycles. The number of ether oxygens (including phenoxy) is 1. The van der Waals surface area contributed by atoms with Gasteiger partial charge in [-0.15, -0.1) is 0 Å². The highest BCUT2D eigenvalue weighted by Gasteiger charge is 2.30. The van der Waals surface area contributed by atoms with Crippen molar-refractivity contribution in [3.63, 3.8) is 0 Å². The van der Waals surface area contributed by atoms with E-state index in [1.165, 1.54) is 11.1 Å². The number of nitrogens with one attached hydrogen (secondary N) is 1. The van der Waals surface area contributed by atoms with Gasteiger partial charge in [-0.3, -0.25) is 4.79 Å². The second kappa shape index (κ2) is 8.67. The molecule has 0 aliphatic carbocycles. The Balaban J connectivity index is 1.47. The van der Waals surface area contributed by atoms with Gasteiger partial charge in [0.2, 0.25) is 5.91 Å². The van der Waals surface area contributed by atoms with E-state index >= 15 is 0 Å². The van der Waals surface area contributed by atoms with Crippen LogP contribution in [0.15, 0.2) is 54.6 Å². The highest BCUT2D eigenvalue weighted by Crippen LogP contribution is 2.23. The van der Waals surface area contributed by atoms with E-state index in [1.807, 2.05) is 41.3 Å². The number of amides is 1. The van der Waals surface area contributed by atoms with Crippen molar-refractivity contribution in [2.45, 2.75) is 38.4 Å². The standard InChI is InChI=1S/C21H26N2O2/c1-25-20-9-5-8-18(14-20)15-22-13-12-19-10-11-21(24)23(19)16-17-6-3-2-4-7-17/h2-9,14,19,22H,10-13,15-16H2,1H3. The molecule has 1 aliphatic rings. The molecule has 0 saturated carbocycles. The molecule has 1 amide bonds. The van der Waals surface area contributed by atoms with Gasteiger partial charge >= 0.3 is 0 Å². The summed E-state index contributed by atoms with van der Waals surface area (Å²) in [6, 6.07) is 18.7. The molecule has 1 aliphatic heterocycles. The van der Waals surface area contributed by atoms with Crippen molar-refractivity contribution in [3.8, 4) is 5.75 Å². The van der Waals surface area contributed by atoms with Crippen molar-refractivity contribution in [1.29, 1.82) is 0 Å². The van der Waals surface area contributed by atoms with Crippen LogP contribution in [0.2, 0.25) is 0 Å². The average molecular weight is 338 g/mol. The largest absolute Gasteiger partial charge is 0.497 e. The van der Waals surface area contributed by atoms with Gasteiger partial charge in [-0.05, 0) is 42.6 Å². The van der Waals surface area contributed by atoms with Crippen molar-refractivity contribution in [1.82, 2.24) is 10.2 Å². The molecule has 1 N–H and O–H groups in total. The van der Waals surface area contributed by atoms with E-state index in [1.54, 1.807) is 7.11 Å². The lowest BCUT2D eigenvalue weighted by Gasteiger charge is -2.25. The molecule has 0 aromatic heterocycles. The zero-order valence-corrected chi connectivity index (χ0v) is 14.8. The van der Waals surface area contributed by atoms with Crippen LogP contribution in [0.5, 0.6) is 5.75 Å². The van der Waals surface area contributed by atoms with Crippen LogP contribution in [0.3, 0.4) is 0 Å². The first kappa shape index (κ1) is 17.5. The number of nitrogens with zero attached hydrogens (tertiary/aromatic N) is 1. The smallest absolute Gasteiger partial charge is 0.223 e. The van der Waals surface area contributed by atoms with E-state index in [0.29, 0.717) is 12.5 Å². The number of carbonyl (C=O) groups is 1. The third kappa shape index (κ3) is 4.83. The Morgan fingerprint density at radius 2 is 1.92 bits per heavy atom. The molecule has 4 nitrogen and oxygen atoms in total. The second-order valence-electron chi connectivity index (χ2n) is 6.52. The van der Waals surface area contributed by atoms with E-state index in [4.69, 9.17) is 4.74 Å². The van der Waals surface area contributed by atoms with Crippen LogP contribution in [0, 0.1) is 0 Å². The predicted molar refractivity (Wildman–Crippen MR) is 99.3 cm³/mol. The Hall–Kier alpha value is -2.33. The Labute approximate surface area is 149 Å². The Kier molecular flexibility index (Phi) is 6.07. The fraction of sp³-hybridized carbons (Fsp3) is 0.381. The van der Waals surface area contributed by atoms with Crippen LogP contribution in [-0.2, 0) is 17.9 Å². The molecule has 2 aromatic rings. The molecular weight excluding hydrogens is 312 g/mol. The first-order valence-corrected chi connectivity index (χ1v) is 8.93. The fourth-order valence-corrected chi connectivity index (χ4v) is 3.37. The van der Waals surface area contributed by atoms with Crippen molar-refractivity contribution in [2.75, 3.05) is 13.7 Å². The minimum absolute atomic E-state index is 0.279. The Morgan fingerprint density at radius 1 is 1.12 bits per heavy atom. The fourth-order valence-electron chi connectivity index (χ4n) is 3.37. The van der Waals surface area contributed by atoms with Gasteiger partial charge in [0.15, 0.2) is 0 Å². The summed E-state index contributed by atoms with van der Waals surface area (Å²) in [4.78, 5) is 14.2. The summed E-state index contributed by atoms with van der Waals surface area (Å²) in [6.45, 7) is 2.44. The summed E-state index contributed by atoms with van der Waals surface area (Å²) in [6.07, 6.45) is 2.63. The van der Waals surface area contributed by atoms with Gasteiger partial charge in [-0.2, -0.15) is 0 Å². The summed E-state index contributed by atoms with van der Waals surface area (Å²) in [7, 11) is 1.69. The van der Waals surface area contributed by atoms with Gasteiger partial charge in [0.25, 0.3) is 0 Å². The number of hydrogen-bond acceptors (Lipinski definition) is 3. The van der Waals surface area contributed by atoms with E-state index in [9.17, 15) is 4.79 Å². The minimum Gasteiger partial charge on any atom is -0.497 e. The number of carbonyl (C=O) groups excluding carboxylic acids is 1. The van der Waals surface area contributed by atoms with Crippen LogP contribution >= 0.6 is 0 Å². The SMILES string of the molecule is COc1cccc(CNCCC2CCC(=O)N2Cc2ccccc2)c1. The molecule has 25 heavy (non-hydrogen) atoms. The quantitative estimate of drug-likeness (QED) is 0.751. The van der Waals surface area contributed by atoms with E-state index in [-0.39, 0.29) is 5.91 Å². The van der Waals surface area contributed by atoms with Gasteiger partial charge < -0.3 is 15.0 Å². The van der Waals surface area contributed by atoms with Crippen molar-refractivity contribution < 1.29 is 9.53 Å². The summed E-state index contributed by atoms with van der Waals surface area (Å²) in [5.41, 5.74) is 2.41. The zero-order chi connectivity index (χ0) is 17.5. The molecule has 4 heteroatoms. The minimum atomic E-state index is 0.279. The molecule has 1 atom stereocenters. The molecule has 3 rings (SSSR count). The first-order chi connectivity index (χ1) is 12.3. The monoisotopic (exact) mass is 338 g/mol. The van der Waals surface area contributed by atoms with E-state index < -0.39 is 0 Å². The van der Waals surface area contributed by atoms with Crippen molar-refractivity contribution >= 4 is 5.91 Å². The lowest BCUT2D eigenvalue weighted by atomic mass is 10.1. The molecule has 1 fully saturated rings. The molecular formula is C21H26N2O2. The highest BCUT2D eigenvalue weighted by molar-refractivity contribution is 5.78. The second-order valence-corrected chi connectivity index (χ2v) is 6.52. The van der Waals surface area contributed by atoms with E-state index in [0.717, 1.165) is 38.2 Å². The molecule has 0 radical (unpaired) electrons. The topological polar surface area (TPSA) is 41.6 Å². The van der Waals surface area contributed by atoms with Gasteiger partial charge in [0.05, 0.1) is 7.11 Å². The maximum Gasteiger partial charge on any atom is 0.223 e. The number of benzene rings is 2. The number of methoxy groups -OCH3 is 1. The molecule has 1 saturated heterocycles.